The van der Waals surface area contributed by atoms with Crippen LogP contribution in [0, 0.1) is 17.6 Å². The molecule has 7 heteroatoms. The molecule has 1 amide bonds. The second-order valence-corrected chi connectivity index (χ2v) is 6.76. The summed E-state index contributed by atoms with van der Waals surface area (Å²) in [5, 5.41) is 11.6. The zero-order valence-electron chi connectivity index (χ0n) is 14.5. The van der Waals surface area contributed by atoms with Crippen molar-refractivity contribution in [3.05, 3.63) is 35.4 Å². The van der Waals surface area contributed by atoms with Crippen LogP contribution < -0.4 is 5.32 Å². The van der Waals surface area contributed by atoms with Gasteiger partial charge in [0.05, 0.1) is 0 Å². The van der Waals surface area contributed by atoms with Gasteiger partial charge in [-0.25, -0.2) is 13.6 Å². The Bertz CT molecular complexity index is 629. The normalized spacial score (nSPS) is 17.5. The molecule has 1 heterocycles. The van der Waals surface area contributed by atoms with Crippen LogP contribution in [-0.2, 0) is 9.59 Å². The summed E-state index contributed by atoms with van der Waals surface area (Å²) in [6.07, 6.45) is 1.90. The third kappa shape index (κ3) is 4.98. The van der Waals surface area contributed by atoms with Gasteiger partial charge < -0.3 is 15.3 Å². The highest BCUT2D eigenvalue weighted by Gasteiger charge is 2.28. The van der Waals surface area contributed by atoms with Gasteiger partial charge >= 0.3 is 5.97 Å². The van der Waals surface area contributed by atoms with Crippen molar-refractivity contribution >= 4 is 11.9 Å². The molecule has 0 unspecified atom stereocenters. The predicted molar refractivity (Wildman–Crippen MR) is 88.9 cm³/mol. The van der Waals surface area contributed by atoms with Crippen molar-refractivity contribution in [2.75, 3.05) is 13.1 Å². The Morgan fingerprint density at radius 3 is 2.48 bits per heavy atom. The van der Waals surface area contributed by atoms with E-state index in [1.807, 2.05) is 0 Å². The van der Waals surface area contributed by atoms with Crippen molar-refractivity contribution < 1.29 is 23.5 Å². The number of carboxylic acids is 1. The molecule has 1 saturated heterocycles. The number of amides is 1. The molecule has 0 aliphatic carbocycles. The van der Waals surface area contributed by atoms with E-state index in [0.717, 1.165) is 32.0 Å². The maximum atomic E-state index is 13.8. The first-order valence-corrected chi connectivity index (χ1v) is 8.49. The smallest absolute Gasteiger partial charge is 0.331 e. The van der Waals surface area contributed by atoms with Crippen molar-refractivity contribution in [2.24, 2.45) is 5.92 Å². The van der Waals surface area contributed by atoms with Crippen LogP contribution >= 0.6 is 0 Å². The van der Waals surface area contributed by atoms with Gasteiger partial charge in [-0.2, -0.15) is 0 Å². The first kappa shape index (κ1) is 19.3. The number of nitrogens with one attached hydrogen (secondary N) is 1. The molecule has 1 fully saturated rings. The summed E-state index contributed by atoms with van der Waals surface area (Å²) < 4.78 is 27.2. The molecule has 1 aromatic rings. The Labute approximate surface area is 146 Å². The average molecular weight is 354 g/mol. The zero-order valence-corrected chi connectivity index (χ0v) is 14.5. The summed E-state index contributed by atoms with van der Waals surface area (Å²) in [5.41, 5.74) is -0.379. The van der Waals surface area contributed by atoms with Gasteiger partial charge in [0.25, 0.3) is 0 Å². The topological polar surface area (TPSA) is 69.6 Å². The maximum Gasteiger partial charge on any atom is 0.331 e. The van der Waals surface area contributed by atoms with Crippen molar-refractivity contribution in [1.82, 2.24) is 10.2 Å². The van der Waals surface area contributed by atoms with E-state index in [-0.39, 0.29) is 17.9 Å². The second-order valence-electron chi connectivity index (χ2n) is 6.76. The van der Waals surface area contributed by atoms with Crippen LogP contribution in [0.15, 0.2) is 18.2 Å². The molecule has 1 aliphatic heterocycles. The number of rotatable bonds is 6. The Morgan fingerprint density at radius 1 is 1.28 bits per heavy atom. The molecule has 138 valence electrons. The van der Waals surface area contributed by atoms with Crippen molar-refractivity contribution in [3.63, 3.8) is 0 Å². The highest BCUT2D eigenvalue weighted by atomic mass is 19.2. The van der Waals surface area contributed by atoms with Crippen LogP contribution in [0.3, 0.4) is 0 Å². The summed E-state index contributed by atoms with van der Waals surface area (Å²) in [6, 6.07) is 2.15. The van der Waals surface area contributed by atoms with E-state index in [0.29, 0.717) is 6.04 Å². The van der Waals surface area contributed by atoms with Crippen molar-refractivity contribution in [3.8, 4) is 0 Å². The molecule has 2 rings (SSSR count). The summed E-state index contributed by atoms with van der Waals surface area (Å²) >= 11 is 0. The lowest BCUT2D eigenvalue weighted by Crippen LogP contribution is -2.40. The number of aliphatic carboxylic acids is 1. The van der Waals surface area contributed by atoms with Crippen LogP contribution in [0.25, 0.3) is 0 Å². The van der Waals surface area contributed by atoms with E-state index in [9.17, 15) is 23.5 Å². The SMILES string of the molecule is CC(C)N1CCC(CC(=O)N[C@H](C(=O)O)c2cccc(F)c2F)CC1. The first-order chi connectivity index (χ1) is 11.8. The van der Waals surface area contributed by atoms with Crippen molar-refractivity contribution in [2.45, 2.75) is 45.2 Å². The number of carboxylic acid groups (broad SMARTS) is 1. The fourth-order valence-electron chi connectivity index (χ4n) is 3.17. The fourth-order valence-corrected chi connectivity index (χ4v) is 3.17. The lowest BCUT2D eigenvalue weighted by molar-refractivity contribution is -0.142. The van der Waals surface area contributed by atoms with E-state index in [1.165, 1.54) is 12.1 Å². The maximum absolute atomic E-state index is 13.8. The number of piperidine rings is 1. The van der Waals surface area contributed by atoms with E-state index in [2.05, 4.69) is 24.1 Å². The highest BCUT2D eigenvalue weighted by Crippen LogP contribution is 2.24. The zero-order chi connectivity index (χ0) is 18.6. The Hall–Kier alpha value is -2.02. The van der Waals surface area contributed by atoms with Gasteiger partial charge in [0, 0.05) is 18.0 Å². The van der Waals surface area contributed by atoms with Crippen LogP contribution in [-0.4, -0.2) is 41.0 Å². The molecule has 5 nitrogen and oxygen atoms in total. The number of benzene rings is 1. The molecule has 0 spiro atoms. The molecule has 0 aromatic heterocycles. The van der Waals surface area contributed by atoms with Gasteiger partial charge in [0.1, 0.15) is 0 Å². The van der Waals surface area contributed by atoms with Gasteiger partial charge in [0.2, 0.25) is 5.91 Å². The molecule has 1 atom stereocenters. The van der Waals surface area contributed by atoms with Crippen molar-refractivity contribution in [1.29, 1.82) is 0 Å². The third-order valence-electron chi connectivity index (χ3n) is 4.70. The number of likely N-dealkylation sites (tertiary alicyclic amines) is 1. The third-order valence-corrected chi connectivity index (χ3v) is 4.70. The molecule has 0 saturated carbocycles. The van der Waals surface area contributed by atoms with Gasteiger partial charge in [-0.05, 0) is 51.8 Å². The summed E-state index contributed by atoms with van der Waals surface area (Å²) in [4.78, 5) is 25.9. The van der Waals surface area contributed by atoms with Crippen LogP contribution in [0.1, 0.15) is 44.7 Å². The molecule has 1 aromatic carbocycles. The quantitative estimate of drug-likeness (QED) is 0.824. The molecule has 1 aliphatic rings. The van der Waals surface area contributed by atoms with Crippen LogP contribution in [0.2, 0.25) is 0 Å². The minimum atomic E-state index is -1.60. The first-order valence-electron chi connectivity index (χ1n) is 8.49. The number of hydrogen-bond acceptors (Lipinski definition) is 3. The molecule has 25 heavy (non-hydrogen) atoms. The fraction of sp³-hybridized carbons (Fsp3) is 0.556. The van der Waals surface area contributed by atoms with Gasteiger partial charge in [-0.3, -0.25) is 4.79 Å². The Balaban J connectivity index is 1.97. The predicted octanol–water partition coefficient (Wildman–Crippen LogP) is 2.72. The lowest BCUT2D eigenvalue weighted by atomic mass is 9.92. The summed E-state index contributed by atoms with van der Waals surface area (Å²) in [6.45, 7) is 6.04. The molecule has 0 bridgehead atoms. The summed E-state index contributed by atoms with van der Waals surface area (Å²) in [7, 11) is 0. The van der Waals surface area contributed by atoms with E-state index in [4.69, 9.17) is 0 Å². The standard InChI is InChI=1S/C18H24F2N2O3/c1-11(2)22-8-6-12(7-9-22)10-15(23)21-17(18(24)25)13-4-3-5-14(19)16(13)20/h3-5,11-12,17H,6-10H2,1-2H3,(H,21,23)(H,24,25)/t17-/m0/s1. The van der Waals surface area contributed by atoms with E-state index >= 15 is 0 Å². The largest absolute Gasteiger partial charge is 0.479 e. The molecular weight excluding hydrogens is 330 g/mol. The van der Waals surface area contributed by atoms with E-state index in [1.54, 1.807) is 0 Å². The number of hydrogen-bond donors (Lipinski definition) is 2. The van der Waals surface area contributed by atoms with Gasteiger partial charge in [-0.1, -0.05) is 12.1 Å². The number of nitrogens with zero attached hydrogens (tertiary/aromatic N) is 1. The Morgan fingerprint density at radius 2 is 1.92 bits per heavy atom. The summed E-state index contributed by atoms with van der Waals surface area (Å²) in [5.74, 6) is -4.10. The molecule has 0 radical (unpaired) electrons. The lowest BCUT2D eigenvalue weighted by Gasteiger charge is -2.34. The van der Waals surface area contributed by atoms with Crippen LogP contribution in [0.4, 0.5) is 8.78 Å². The highest BCUT2D eigenvalue weighted by molar-refractivity contribution is 5.84. The minimum absolute atomic E-state index is 0.168. The number of carbonyl (C=O) groups excluding carboxylic acids is 1. The van der Waals surface area contributed by atoms with Gasteiger partial charge in [0.15, 0.2) is 17.7 Å². The Kier molecular flexibility index (Phi) is 6.47. The average Bonchev–Trinajstić information content (AvgIpc) is 2.56. The van der Waals surface area contributed by atoms with E-state index < -0.39 is 29.6 Å². The molecular formula is C18H24F2N2O3. The van der Waals surface area contributed by atoms with Gasteiger partial charge in [-0.15, -0.1) is 0 Å². The second kappa shape index (κ2) is 8.38. The number of halogens is 2. The number of carbonyl (C=O) groups is 2. The molecule has 2 N–H and O–H groups in total. The van der Waals surface area contributed by atoms with Crippen LogP contribution in [0.5, 0.6) is 0 Å². The monoisotopic (exact) mass is 354 g/mol. The minimum Gasteiger partial charge on any atom is -0.479 e.